The van der Waals surface area contributed by atoms with Crippen LogP contribution in [0.1, 0.15) is 11.1 Å². The lowest BCUT2D eigenvalue weighted by atomic mass is 10.2. The molecule has 0 aliphatic heterocycles. The zero-order chi connectivity index (χ0) is 10.5. The van der Waals surface area contributed by atoms with E-state index in [0.29, 0.717) is 5.56 Å². The first-order valence-corrected chi connectivity index (χ1v) is 4.53. The number of hydrogen-bond donors (Lipinski definition) is 0. The van der Waals surface area contributed by atoms with Crippen LogP contribution in [0.2, 0.25) is 0 Å². The predicted molar refractivity (Wildman–Crippen MR) is 56.6 cm³/mol. The molecule has 0 atom stereocenters. The highest BCUT2D eigenvalue weighted by atomic mass is 19.1. The number of nitrogens with zero attached hydrogens (tertiary/aromatic N) is 1. The summed E-state index contributed by atoms with van der Waals surface area (Å²) in [5, 5.41) is 0. The minimum atomic E-state index is -0.293. The molecule has 0 N–H and O–H groups in total. The third-order valence-electron chi connectivity index (χ3n) is 1.90. The van der Waals surface area contributed by atoms with Gasteiger partial charge in [0, 0.05) is 18.0 Å². The molecule has 0 unspecified atom stereocenters. The van der Waals surface area contributed by atoms with Crippen molar-refractivity contribution < 1.29 is 4.39 Å². The van der Waals surface area contributed by atoms with E-state index in [4.69, 9.17) is 0 Å². The molecular weight excluding hydrogens is 189 g/mol. The maximum atomic E-state index is 13.2. The quantitative estimate of drug-likeness (QED) is 0.591. The van der Waals surface area contributed by atoms with Crippen LogP contribution in [-0.4, -0.2) is 4.98 Å². The molecule has 0 saturated carbocycles. The van der Waals surface area contributed by atoms with Crippen molar-refractivity contribution in [2.45, 2.75) is 0 Å². The van der Waals surface area contributed by atoms with Crippen molar-refractivity contribution in [3.8, 4) is 11.8 Å². The summed E-state index contributed by atoms with van der Waals surface area (Å²) in [7, 11) is 0. The van der Waals surface area contributed by atoms with Crippen LogP contribution in [0.15, 0.2) is 48.8 Å². The topological polar surface area (TPSA) is 12.9 Å². The highest BCUT2D eigenvalue weighted by Gasteiger charge is 1.94. The highest BCUT2D eigenvalue weighted by molar-refractivity contribution is 5.42. The Kier molecular flexibility index (Phi) is 2.75. The molecule has 0 spiro atoms. The molecule has 0 saturated heterocycles. The molecular formula is C13H8FN. The van der Waals surface area contributed by atoms with E-state index in [1.807, 2.05) is 0 Å². The Morgan fingerprint density at radius 1 is 0.933 bits per heavy atom. The summed E-state index contributed by atoms with van der Waals surface area (Å²) in [4.78, 5) is 3.88. The molecule has 0 radical (unpaired) electrons. The maximum absolute atomic E-state index is 13.2. The van der Waals surface area contributed by atoms with Crippen LogP contribution in [0.5, 0.6) is 0 Å². The molecule has 72 valence electrons. The van der Waals surface area contributed by atoms with Gasteiger partial charge in [-0.1, -0.05) is 24.0 Å². The van der Waals surface area contributed by atoms with E-state index in [0.717, 1.165) is 5.56 Å². The smallest absolute Gasteiger partial charge is 0.138 e. The molecule has 0 aliphatic rings. The van der Waals surface area contributed by atoms with Gasteiger partial charge in [0.05, 0.1) is 5.56 Å². The first-order chi connectivity index (χ1) is 7.36. The van der Waals surface area contributed by atoms with Crippen LogP contribution in [0, 0.1) is 17.7 Å². The summed E-state index contributed by atoms with van der Waals surface area (Å²) >= 11 is 0. The van der Waals surface area contributed by atoms with E-state index in [2.05, 4.69) is 16.8 Å². The van der Waals surface area contributed by atoms with Gasteiger partial charge in [0.15, 0.2) is 0 Å². The molecule has 2 aromatic rings. The van der Waals surface area contributed by atoms with Crippen molar-refractivity contribution in [3.63, 3.8) is 0 Å². The van der Waals surface area contributed by atoms with Crippen LogP contribution in [0.25, 0.3) is 0 Å². The van der Waals surface area contributed by atoms with Crippen LogP contribution in [0.3, 0.4) is 0 Å². The summed E-state index contributed by atoms with van der Waals surface area (Å²) in [6, 6.07) is 10.0. The minimum absolute atomic E-state index is 0.293. The van der Waals surface area contributed by atoms with Gasteiger partial charge in [-0.05, 0) is 24.3 Å². The van der Waals surface area contributed by atoms with Gasteiger partial charge in [0.2, 0.25) is 0 Å². The van der Waals surface area contributed by atoms with Gasteiger partial charge in [-0.15, -0.1) is 0 Å². The Hall–Kier alpha value is -2.14. The van der Waals surface area contributed by atoms with Crippen LogP contribution < -0.4 is 0 Å². The lowest BCUT2D eigenvalue weighted by Crippen LogP contribution is -1.81. The minimum Gasteiger partial charge on any atom is -0.265 e. The molecule has 0 fully saturated rings. The Bertz CT molecular complexity index is 509. The molecule has 1 heterocycles. The molecule has 2 heteroatoms. The Labute approximate surface area is 87.6 Å². The van der Waals surface area contributed by atoms with E-state index in [9.17, 15) is 4.39 Å². The molecule has 1 aromatic heterocycles. The van der Waals surface area contributed by atoms with E-state index in [1.165, 1.54) is 6.07 Å². The lowest BCUT2D eigenvalue weighted by Gasteiger charge is -1.91. The molecule has 2 rings (SSSR count). The van der Waals surface area contributed by atoms with Gasteiger partial charge in [0.25, 0.3) is 0 Å². The first-order valence-electron chi connectivity index (χ1n) is 4.53. The zero-order valence-corrected chi connectivity index (χ0v) is 7.94. The number of benzene rings is 1. The first kappa shape index (κ1) is 9.42. The standard InChI is InChI=1S/C13H8FN/c14-13-4-2-1-3-12(13)6-5-11-7-9-15-10-8-11/h1-4,7-10H. The average molecular weight is 197 g/mol. The molecule has 1 nitrogen and oxygen atoms in total. The van der Waals surface area contributed by atoms with Gasteiger partial charge in [-0.25, -0.2) is 4.39 Å². The molecule has 0 aliphatic carbocycles. The molecule has 1 aromatic carbocycles. The summed E-state index contributed by atoms with van der Waals surface area (Å²) in [6.45, 7) is 0. The van der Waals surface area contributed by atoms with Crippen molar-refractivity contribution in [1.29, 1.82) is 0 Å². The fourth-order valence-electron chi connectivity index (χ4n) is 1.14. The second kappa shape index (κ2) is 4.39. The zero-order valence-electron chi connectivity index (χ0n) is 7.94. The largest absolute Gasteiger partial charge is 0.265 e. The number of pyridine rings is 1. The highest BCUT2D eigenvalue weighted by Crippen LogP contribution is 2.04. The van der Waals surface area contributed by atoms with Crippen LogP contribution in [-0.2, 0) is 0 Å². The van der Waals surface area contributed by atoms with Gasteiger partial charge in [0.1, 0.15) is 5.82 Å². The Morgan fingerprint density at radius 3 is 2.40 bits per heavy atom. The average Bonchev–Trinajstić information content (AvgIpc) is 2.29. The number of rotatable bonds is 0. The second-order valence-corrected chi connectivity index (χ2v) is 2.97. The van der Waals surface area contributed by atoms with Crippen molar-refractivity contribution >= 4 is 0 Å². The summed E-state index contributed by atoms with van der Waals surface area (Å²) < 4.78 is 13.2. The van der Waals surface area contributed by atoms with Crippen molar-refractivity contribution in [3.05, 3.63) is 65.7 Å². The normalized spacial score (nSPS) is 9.13. The monoisotopic (exact) mass is 197 g/mol. The molecule has 15 heavy (non-hydrogen) atoms. The maximum Gasteiger partial charge on any atom is 0.138 e. The Morgan fingerprint density at radius 2 is 1.67 bits per heavy atom. The Balaban J connectivity index is 2.31. The number of aromatic nitrogens is 1. The molecule has 0 amide bonds. The summed E-state index contributed by atoms with van der Waals surface area (Å²) in [6.07, 6.45) is 3.32. The van der Waals surface area contributed by atoms with E-state index >= 15 is 0 Å². The fraction of sp³-hybridized carbons (Fsp3) is 0. The van der Waals surface area contributed by atoms with Crippen molar-refractivity contribution in [2.24, 2.45) is 0 Å². The SMILES string of the molecule is Fc1ccccc1C#Cc1ccncc1. The fourth-order valence-corrected chi connectivity index (χ4v) is 1.14. The summed E-state index contributed by atoms with van der Waals surface area (Å²) in [5.74, 6) is 5.36. The van der Waals surface area contributed by atoms with Gasteiger partial charge in [-0.3, -0.25) is 4.98 Å². The number of hydrogen-bond acceptors (Lipinski definition) is 1. The van der Waals surface area contributed by atoms with Crippen LogP contribution in [0.4, 0.5) is 4.39 Å². The van der Waals surface area contributed by atoms with Gasteiger partial charge < -0.3 is 0 Å². The lowest BCUT2D eigenvalue weighted by molar-refractivity contribution is 0.624. The number of halogens is 1. The van der Waals surface area contributed by atoms with Crippen molar-refractivity contribution in [2.75, 3.05) is 0 Å². The summed E-state index contributed by atoms with van der Waals surface area (Å²) in [5.41, 5.74) is 1.24. The van der Waals surface area contributed by atoms with E-state index in [-0.39, 0.29) is 5.82 Å². The van der Waals surface area contributed by atoms with Gasteiger partial charge in [-0.2, -0.15) is 0 Å². The third kappa shape index (κ3) is 2.41. The van der Waals surface area contributed by atoms with E-state index < -0.39 is 0 Å². The van der Waals surface area contributed by atoms with Crippen molar-refractivity contribution in [1.82, 2.24) is 4.98 Å². The van der Waals surface area contributed by atoms with Gasteiger partial charge >= 0.3 is 0 Å². The predicted octanol–water partition coefficient (Wildman–Crippen LogP) is 2.62. The van der Waals surface area contributed by atoms with E-state index in [1.54, 1.807) is 42.7 Å². The second-order valence-electron chi connectivity index (χ2n) is 2.97. The molecule has 0 bridgehead atoms. The third-order valence-corrected chi connectivity index (χ3v) is 1.90. The van der Waals surface area contributed by atoms with Crippen LogP contribution >= 0.6 is 0 Å².